The first-order valence-electron chi connectivity index (χ1n) is 7.57. The number of imidazole rings is 1. The number of hydrogen-bond donors (Lipinski definition) is 0. The third kappa shape index (κ3) is 2.39. The molecule has 4 nitrogen and oxygen atoms in total. The van der Waals surface area contributed by atoms with Crippen LogP contribution in [-0.4, -0.2) is 33.4 Å². The Morgan fingerprint density at radius 3 is 2.90 bits per heavy atom. The number of likely N-dealkylation sites (tertiary alicyclic amines) is 1. The molecule has 1 saturated heterocycles. The third-order valence-corrected chi connectivity index (χ3v) is 5.35. The molecule has 0 aromatic carbocycles. The van der Waals surface area contributed by atoms with Crippen LogP contribution >= 0.6 is 11.3 Å². The van der Waals surface area contributed by atoms with Gasteiger partial charge in [-0.25, -0.2) is 4.98 Å². The monoisotopic (exact) mass is 301 g/mol. The largest absolute Gasteiger partial charge is 0.336 e. The molecular formula is C16H19N3OS. The summed E-state index contributed by atoms with van der Waals surface area (Å²) in [7, 11) is 0. The average molecular weight is 301 g/mol. The zero-order valence-corrected chi connectivity index (χ0v) is 13.0. The molecule has 0 spiro atoms. The van der Waals surface area contributed by atoms with Crippen LogP contribution in [0.4, 0.5) is 0 Å². The number of thiophene rings is 1. The minimum atomic E-state index is 0.165. The Balaban J connectivity index is 1.44. The molecule has 5 heteroatoms. The summed E-state index contributed by atoms with van der Waals surface area (Å²) in [6, 6.07) is 3.83. The summed E-state index contributed by atoms with van der Waals surface area (Å²) < 4.78 is 2.37. The van der Waals surface area contributed by atoms with Gasteiger partial charge in [0, 0.05) is 31.5 Å². The van der Waals surface area contributed by atoms with Crippen LogP contribution in [0, 0.1) is 12.8 Å². The van der Waals surface area contributed by atoms with E-state index in [2.05, 4.69) is 16.5 Å². The molecule has 3 heterocycles. The number of amides is 1. The average Bonchev–Trinajstić information content (AvgIpc) is 2.94. The number of aromatic nitrogens is 2. The van der Waals surface area contributed by atoms with E-state index >= 15 is 0 Å². The van der Waals surface area contributed by atoms with Crippen LogP contribution in [-0.2, 0) is 6.54 Å². The van der Waals surface area contributed by atoms with Gasteiger partial charge in [-0.2, -0.15) is 0 Å². The molecule has 1 saturated carbocycles. The maximum Gasteiger partial charge on any atom is 0.263 e. The third-order valence-electron chi connectivity index (χ3n) is 4.49. The summed E-state index contributed by atoms with van der Waals surface area (Å²) >= 11 is 1.52. The lowest BCUT2D eigenvalue weighted by atomic mass is 9.98. The Hall–Kier alpha value is -1.62. The van der Waals surface area contributed by atoms with Gasteiger partial charge in [-0.1, -0.05) is 6.07 Å². The minimum absolute atomic E-state index is 0.165. The van der Waals surface area contributed by atoms with E-state index in [4.69, 9.17) is 0 Å². The molecule has 2 aromatic rings. The number of carbonyl (C=O) groups is 1. The number of rotatable bonds is 4. The van der Waals surface area contributed by atoms with Gasteiger partial charge < -0.3 is 9.47 Å². The highest BCUT2D eigenvalue weighted by Crippen LogP contribution is 2.34. The molecule has 0 N–H and O–H groups in total. The maximum absolute atomic E-state index is 12.3. The lowest BCUT2D eigenvalue weighted by Gasteiger charge is -2.38. The topological polar surface area (TPSA) is 38.1 Å². The van der Waals surface area contributed by atoms with E-state index in [-0.39, 0.29) is 5.91 Å². The SMILES string of the molecule is Cc1cnc(C2CN(C(=O)c3cccs3)C2)n1CC1CC1. The molecule has 2 aliphatic rings. The molecule has 2 fully saturated rings. The van der Waals surface area contributed by atoms with E-state index in [0.717, 1.165) is 30.4 Å². The highest BCUT2D eigenvalue weighted by Gasteiger charge is 2.36. The molecule has 1 amide bonds. The van der Waals surface area contributed by atoms with Crippen LogP contribution in [0.5, 0.6) is 0 Å². The highest BCUT2D eigenvalue weighted by atomic mass is 32.1. The Morgan fingerprint density at radius 2 is 2.24 bits per heavy atom. The van der Waals surface area contributed by atoms with E-state index in [1.165, 1.54) is 35.7 Å². The van der Waals surface area contributed by atoms with Crippen molar-refractivity contribution in [2.75, 3.05) is 13.1 Å². The zero-order chi connectivity index (χ0) is 14.4. The first kappa shape index (κ1) is 13.1. The van der Waals surface area contributed by atoms with Crippen LogP contribution in [0.25, 0.3) is 0 Å². The second-order valence-corrected chi connectivity index (χ2v) is 7.14. The van der Waals surface area contributed by atoms with E-state index < -0.39 is 0 Å². The molecule has 0 radical (unpaired) electrons. The van der Waals surface area contributed by atoms with Crippen molar-refractivity contribution >= 4 is 17.2 Å². The normalized spacial score (nSPS) is 18.8. The van der Waals surface area contributed by atoms with Gasteiger partial charge in [-0.05, 0) is 37.1 Å². The van der Waals surface area contributed by atoms with Crippen molar-refractivity contribution in [2.45, 2.75) is 32.2 Å². The lowest BCUT2D eigenvalue weighted by molar-refractivity contribution is 0.0596. The van der Waals surface area contributed by atoms with Crippen LogP contribution < -0.4 is 0 Å². The molecule has 2 aromatic heterocycles. The van der Waals surface area contributed by atoms with Crippen molar-refractivity contribution in [1.29, 1.82) is 0 Å². The van der Waals surface area contributed by atoms with Crippen LogP contribution in [0.1, 0.15) is 39.9 Å². The predicted molar refractivity (Wildman–Crippen MR) is 82.7 cm³/mol. The number of carbonyl (C=O) groups excluding carboxylic acids is 1. The van der Waals surface area contributed by atoms with Crippen LogP contribution in [0.2, 0.25) is 0 Å². The summed E-state index contributed by atoms with van der Waals surface area (Å²) in [6.45, 7) is 4.85. The molecular weight excluding hydrogens is 282 g/mol. The number of aryl methyl sites for hydroxylation is 1. The first-order chi connectivity index (χ1) is 10.2. The molecule has 0 atom stereocenters. The fourth-order valence-corrected chi connectivity index (χ4v) is 3.66. The molecule has 110 valence electrons. The fourth-order valence-electron chi connectivity index (χ4n) is 2.97. The van der Waals surface area contributed by atoms with Crippen molar-refractivity contribution < 1.29 is 4.79 Å². The molecule has 1 aliphatic heterocycles. The Labute approximate surface area is 128 Å². The van der Waals surface area contributed by atoms with Crippen molar-refractivity contribution in [3.05, 3.63) is 40.1 Å². The summed E-state index contributed by atoms with van der Waals surface area (Å²) in [5.41, 5.74) is 1.25. The highest BCUT2D eigenvalue weighted by molar-refractivity contribution is 7.12. The van der Waals surface area contributed by atoms with E-state index in [9.17, 15) is 4.79 Å². The summed E-state index contributed by atoms with van der Waals surface area (Å²) in [5.74, 6) is 2.59. The second-order valence-electron chi connectivity index (χ2n) is 6.20. The van der Waals surface area contributed by atoms with Gasteiger partial charge in [-0.15, -0.1) is 11.3 Å². The van der Waals surface area contributed by atoms with Gasteiger partial charge in [0.05, 0.1) is 10.8 Å². The van der Waals surface area contributed by atoms with Gasteiger partial charge in [0.2, 0.25) is 0 Å². The standard InChI is InChI=1S/C16H19N3OS/c1-11-7-17-15(19(11)8-12-4-5-12)13-9-18(10-13)16(20)14-3-2-6-21-14/h2-3,6-7,12-13H,4-5,8-10H2,1H3. The fraction of sp³-hybridized carbons (Fsp3) is 0.500. The first-order valence-corrected chi connectivity index (χ1v) is 8.45. The molecule has 1 aliphatic carbocycles. The van der Waals surface area contributed by atoms with E-state index in [1.807, 2.05) is 28.6 Å². The summed E-state index contributed by atoms with van der Waals surface area (Å²) in [6.07, 6.45) is 4.68. The molecule has 21 heavy (non-hydrogen) atoms. The van der Waals surface area contributed by atoms with Crippen LogP contribution in [0.15, 0.2) is 23.7 Å². The number of hydrogen-bond acceptors (Lipinski definition) is 3. The van der Waals surface area contributed by atoms with Gasteiger partial charge in [-0.3, -0.25) is 4.79 Å². The van der Waals surface area contributed by atoms with E-state index in [1.54, 1.807) is 0 Å². The Kier molecular flexibility index (Phi) is 3.10. The molecule has 4 rings (SSSR count). The predicted octanol–water partition coefficient (Wildman–Crippen LogP) is 2.90. The summed E-state index contributed by atoms with van der Waals surface area (Å²) in [5, 5.41) is 1.95. The van der Waals surface area contributed by atoms with Crippen molar-refractivity contribution in [3.8, 4) is 0 Å². The van der Waals surface area contributed by atoms with Crippen molar-refractivity contribution in [2.24, 2.45) is 5.92 Å². The quantitative estimate of drug-likeness (QED) is 0.871. The maximum atomic E-state index is 12.3. The van der Waals surface area contributed by atoms with E-state index in [0.29, 0.717) is 5.92 Å². The van der Waals surface area contributed by atoms with Gasteiger partial charge >= 0.3 is 0 Å². The van der Waals surface area contributed by atoms with Crippen molar-refractivity contribution in [3.63, 3.8) is 0 Å². The minimum Gasteiger partial charge on any atom is -0.336 e. The van der Waals surface area contributed by atoms with Gasteiger partial charge in [0.15, 0.2) is 0 Å². The molecule has 0 unspecified atom stereocenters. The molecule has 0 bridgehead atoms. The second kappa shape index (κ2) is 4.98. The smallest absolute Gasteiger partial charge is 0.263 e. The van der Waals surface area contributed by atoms with Gasteiger partial charge in [0.25, 0.3) is 5.91 Å². The van der Waals surface area contributed by atoms with Crippen molar-refractivity contribution in [1.82, 2.24) is 14.5 Å². The van der Waals surface area contributed by atoms with Crippen LogP contribution in [0.3, 0.4) is 0 Å². The zero-order valence-electron chi connectivity index (χ0n) is 12.2. The lowest BCUT2D eigenvalue weighted by Crippen LogP contribution is -2.49. The summed E-state index contributed by atoms with van der Waals surface area (Å²) in [4.78, 5) is 19.6. The Bertz CT molecular complexity index is 651. The Morgan fingerprint density at radius 1 is 1.43 bits per heavy atom. The van der Waals surface area contributed by atoms with Gasteiger partial charge in [0.1, 0.15) is 5.82 Å². The number of nitrogens with zero attached hydrogens (tertiary/aromatic N) is 3.